The Kier molecular flexibility index (Phi) is 5.15. The number of aliphatic carboxylic acids is 1. The number of carbonyl (C=O) groups is 3. The van der Waals surface area contributed by atoms with Gasteiger partial charge < -0.3 is 15.0 Å². The molecule has 0 radical (unpaired) electrons. The number of pyridine rings is 1. The summed E-state index contributed by atoms with van der Waals surface area (Å²) in [4.78, 5) is 52.3. The van der Waals surface area contributed by atoms with Gasteiger partial charge in [0.1, 0.15) is 5.56 Å². The normalized spacial score (nSPS) is 15.8. The SMILES string of the molecule is CC(C)N(CCC(=O)O)C(=O)c1cc2c([nH]c1=O)CC(C)(C)CC2=O. The smallest absolute Gasteiger partial charge is 0.305 e. The molecule has 7 nitrogen and oxygen atoms in total. The number of hydrogen-bond acceptors (Lipinski definition) is 4. The predicted octanol–water partition coefficient (Wildman–Crippen LogP) is 1.86. The molecule has 0 fully saturated rings. The summed E-state index contributed by atoms with van der Waals surface area (Å²) in [5, 5.41) is 8.84. The predicted molar refractivity (Wildman–Crippen MR) is 91.9 cm³/mol. The molecule has 0 unspecified atom stereocenters. The number of nitrogens with one attached hydrogen (secondary N) is 1. The molecule has 2 rings (SSSR count). The third-order valence-electron chi connectivity index (χ3n) is 4.40. The first kappa shape index (κ1) is 18.9. The molecule has 0 saturated carbocycles. The van der Waals surface area contributed by atoms with Crippen molar-refractivity contribution in [1.82, 2.24) is 9.88 Å². The van der Waals surface area contributed by atoms with Crippen molar-refractivity contribution >= 4 is 17.7 Å². The number of carbonyl (C=O) groups excluding carboxylic acids is 2. The average molecular weight is 348 g/mol. The van der Waals surface area contributed by atoms with E-state index in [1.165, 1.54) is 11.0 Å². The fourth-order valence-corrected chi connectivity index (χ4v) is 3.15. The number of Topliss-reactive ketones (excluding diaryl/α,β-unsaturated/α-hetero) is 1. The summed E-state index contributed by atoms with van der Waals surface area (Å²) in [7, 11) is 0. The lowest BCUT2D eigenvalue weighted by atomic mass is 9.75. The second-order valence-electron chi connectivity index (χ2n) is 7.58. The average Bonchev–Trinajstić information content (AvgIpc) is 2.44. The Morgan fingerprint density at radius 2 is 1.92 bits per heavy atom. The van der Waals surface area contributed by atoms with E-state index in [9.17, 15) is 19.2 Å². The zero-order valence-electron chi connectivity index (χ0n) is 15.0. The van der Waals surface area contributed by atoms with Crippen LogP contribution in [-0.4, -0.2) is 45.2 Å². The summed E-state index contributed by atoms with van der Waals surface area (Å²) in [5.74, 6) is -1.67. The van der Waals surface area contributed by atoms with E-state index in [0.717, 1.165) is 0 Å². The van der Waals surface area contributed by atoms with Crippen LogP contribution in [0.15, 0.2) is 10.9 Å². The maximum atomic E-state index is 12.7. The van der Waals surface area contributed by atoms with Crippen LogP contribution in [0.25, 0.3) is 0 Å². The third-order valence-corrected chi connectivity index (χ3v) is 4.40. The maximum Gasteiger partial charge on any atom is 0.305 e. The Morgan fingerprint density at radius 1 is 1.28 bits per heavy atom. The molecule has 1 heterocycles. The standard InChI is InChI=1S/C18H24N2O5/c1-10(2)20(6-5-15(22)23)17(25)12-7-11-13(19-16(12)24)8-18(3,4)9-14(11)21/h7,10H,5-6,8-9H2,1-4H3,(H,19,24)(H,22,23). The molecule has 7 heteroatoms. The van der Waals surface area contributed by atoms with E-state index in [-0.39, 0.29) is 35.8 Å². The summed E-state index contributed by atoms with van der Waals surface area (Å²) >= 11 is 0. The number of fused-ring (bicyclic) bond motifs is 1. The van der Waals surface area contributed by atoms with Crippen LogP contribution in [0.3, 0.4) is 0 Å². The van der Waals surface area contributed by atoms with E-state index in [1.54, 1.807) is 13.8 Å². The fourth-order valence-electron chi connectivity index (χ4n) is 3.15. The van der Waals surface area contributed by atoms with E-state index < -0.39 is 17.4 Å². The van der Waals surface area contributed by atoms with Crippen molar-refractivity contribution in [3.8, 4) is 0 Å². The molecule has 25 heavy (non-hydrogen) atoms. The quantitative estimate of drug-likeness (QED) is 0.844. The van der Waals surface area contributed by atoms with Gasteiger partial charge in [-0.3, -0.25) is 19.2 Å². The molecule has 136 valence electrons. The van der Waals surface area contributed by atoms with Gasteiger partial charge in [-0.2, -0.15) is 0 Å². The van der Waals surface area contributed by atoms with E-state index in [4.69, 9.17) is 5.11 Å². The van der Waals surface area contributed by atoms with Crippen molar-refractivity contribution in [1.29, 1.82) is 0 Å². The Morgan fingerprint density at radius 3 is 2.48 bits per heavy atom. The number of aromatic amines is 1. The van der Waals surface area contributed by atoms with Crippen molar-refractivity contribution in [3.05, 3.63) is 33.2 Å². The number of nitrogens with zero attached hydrogens (tertiary/aromatic N) is 1. The molecule has 0 saturated heterocycles. The molecule has 0 aliphatic heterocycles. The zero-order valence-corrected chi connectivity index (χ0v) is 15.0. The van der Waals surface area contributed by atoms with Crippen LogP contribution in [0.2, 0.25) is 0 Å². The lowest BCUT2D eigenvalue weighted by Crippen LogP contribution is -2.41. The summed E-state index contributed by atoms with van der Waals surface area (Å²) in [6, 6.07) is 1.10. The van der Waals surface area contributed by atoms with Crippen LogP contribution in [0.1, 0.15) is 66.9 Å². The van der Waals surface area contributed by atoms with Gasteiger partial charge in [-0.25, -0.2) is 0 Å². The van der Waals surface area contributed by atoms with Gasteiger partial charge in [0.05, 0.1) is 6.42 Å². The number of rotatable bonds is 5. The van der Waals surface area contributed by atoms with Gasteiger partial charge in [-0.15, -0.1) is 0 Å². The first-order valence-electron chi connectivity index (χ1n) is 8.34. The molecule has 1 aromatic rings. The van der Waals surface area contributed by atoms with Crippen LogP contribution >= 0.6 is 0 Å². The Labute approximate surface area is 146 Å². The largest absolute Gasteiger partial charge is 0.481 e. The Balaban J connectivity index is 2.41. The van der Waals surface area contributed by atoms with Crippen LogP contribution in [0.4, 0.5) is 0 Å². The number of carboxylic acid groups (broad SMARTS) is 1. The molecular formula is C18H24N2O5. The molecule has 0 spiro atoms. The maximum absolute atomic E-state index is 12.7. The van der Waals surface area contributed by atoms with Crippen molar-refractivity contribution in [2.45, 2.75) is 53.0 Å². The topological polar surface area (TPSA) is 108 Å². The second kappa shape index (κ2) is 6.82. The number of H-pyrrole nitrogens is 1. The minimum atomic E-state index is -1.02. The molecule has 0 atom stereocenters. The van der Waals surface area contributed by atoms with Crippen LogP contribution in [0, 0.1) is 5.41 Å². The van der Waals surface area contributed by atoms with Gasteiger partial charge in [-0.1, -0.05) is 13.8 Å². The van der Waals surface area contributed by atoms with Gasteiger partial charge in [0.2, 0.25) is 0 Å². The van der Waals surface area contributed by atoms with E-state index in [2.05, 4.69) is 4.98 Å². The number of hydrogen-bond donors (Lipinski definition) is 2. The summed E-state index contributed by atoms with van der Waals surface area (Å²) < 4.78 is 0. The van der Waals surface area contributed by atoms with Gasteiger partial charge in [0.25, 0.3) is 11.5 Å². The van der Waals surface area contributed by atoms with Gasteiger partial charge in [0.15, 0.2) is 5.78 Å². The van der Waals surface area contributed by atoms with Crippen LogP contribution in [0.5, 0.6) is 0 Å². The second-order valence-corrected chi connectivity index (χ2v) is 7.58. The highest BCUT2D eigenvalue weighted by atomic mass is 16.4. The van der Waals surface area contributed by atoms with Gasteiger partial charge in [0, 0.05) is 30.3 Å². The Bertz CT molecular complexity index is 776. The molecule has 1 aliphatic rings. The van der Waals surface area contributed by atoms with E-state index in [0.29, 0.717) is 24.1 Å². The number of amides is 1. The van der Waals surface area contributed by atoms with Crippen molar-refractivity contribution in [2.24, 2.45) is 5.41 Å². The highest BCUT2D eigenvalue weighted by Gasteiger charge is 2.33. The first-order chi connectivity index (χ1) is 11.5. The molecule has 0 bridgehead atoms. The minimum Gasteiger partial charge on any atom is -0.481 e. The molecule has 0 aromatic carbocycles. The summed E-state index contributed by atoms with van der Waals surface area (Å²) in [5.41, 5.74) is 0.0408. The zero-order chi connectivity index (χ0) is 18.9. The van der Waals surface area contributed by atoms with Gasteiger partial charge in [-0.05, 0) is 31.7 Å². The fraction of sp³-hybridized carbons (Fsp3) is 0.556. The third kappa shape index (κ3) is 4.15. The van der Waals surface area contributed by atoms with Crippen molar-refractivity contribution in [2.75, 3.05) is 6.54 Å². The first-order valence-corrected chi connectivity index (χ1v) is 8.34. The lowest BCUT2D eigenvalue weighted by Gasteiger charge is -2.30. The molecule has 1 aliphatic carbocycles. The highest BCUT2D eigenvalue weighted by molar-refractivity contribution is 6.02. The van der Waals surface area contributed by atoms with E-state index >= 15 is 0 Å². The van der Waals surface area contributed by atoms with E-state index in [1.807, 2.05) is 13.8 Å². The van der Waals surface area contributed by atoms with Crippen LogP contribution in [-0.2, 0) is 11.2 Å². The van der Waals surface area contributed by atoms with Crippen molar-refractivity contribution < 1.29 is 19.5 Å². The number of carboxylic acids is 1. The monoisotopic (exact) mass is 348 g/mol. The molecular weight excluding hydrogens is 324 g/mol. The summed E-state index contributed by atoms with van der Waals surface area (Å²) in [6.07, 6.45) is 0.706. The lowest BCUT2D eigenvalue weighted by molar-refractivity contribution is -0.137. The Hall–Kier alpha value is -2.44. The molecule has 2 N–H and O–H groups in total. The van der Waals surface area contributed by atoms with Gasteiger partial charge >= 0.3 is 5.97 Å². The number of ketones is 1. The molecule has 1 amide bonds. The summed E-state index contributed by atoms with van der Waals surface area (Å²) in [6.45, 7) is 7.42. The minimum absolute atomic E-state index is 0.00331. The number of aromatic nitrogens is 1. The van der Waals surface area contributed by atoms with Crippen molar-refractivity contribution in [3.63, 3.8) is 0 Å². The highest BCUT2D eigenvalue weighted by Crippen LogP contribution is 2.33. The molecule has 1 aromatic heterocycles. The van der Waals surface area contributed by atoms with Crippen LogP contribution < -0.4 is 5.56 Å².